The normalized spacial score (nSPS) is 11.7. The van der Waals surface area contributed by atoms with Crippen LogP contribution in [-0.2, 0) is 11.2 Å². The molecule has 122 valence electrons. The molecule has 0 fully saturated rings. The topological polar surface area (TPSA) is 66.9 Å². The molecule has 0 aliphatic rings. The molecule has 0 bridgehead atoms. The van der Waals surface area contributed by atoms with Crippen LogP contribution in [0.3, 0.4) is 0 Å². The molecule has 1 aromatic carbocycles. The highest BCUT2D eigenvalue weighted by atomic mass is 32.2. The van der Waals surface area contributed by atoms with Crippen molar-refractivity contribution in [2.24, 2.45) is 0 Å². The van der Waals surface area contributed by atoms with E-state index in [1.54, 1.807) is 6.08 Å². The molecule has 1 atom stereocenters. The van der Waals surface area contributed by atoms with Crippen molar-refractivity contribution >= 4 is 34.1 Å². The average molecular weight is 348 g/mol. The van der Waals surface area contributed by atoms with Gasteiger partial charge in [-0.15, -0.1) is 16.8 Å². The first-order chi connectivity index (χ1) is 11.2. The molecule has 1 heterocycles. The number of rotatable bonds is 9. The Morgan fingerprint density at radius 3 is 2.91 bits per heavy atom. The molecule has 5 nitrogen and oxygen atoms in total. The van der Waals surface area contributed by atoms with Gasteiger partial charge in [0.05, 0.1) is 5.25 Å². The molecule has 0 radical (unpaired) electrons. The number of hydrogen-bond acceptors (Lipinski definition) is 6. The van der Waals surface area contributed by atoms with Gasteiger partial charge < -0.3 is 10.6 Å². The second-order valence-corrected chi connectivity index (χ2v) is 7.39. The van der Waals surface area contributed by atoms with Crippen LogP contribution in [0.25, 0.3) is 0 Å². The lowest BCUT2D eigenvalue weighted by Crippen LogP contribution is -2.32. The number of anilines is 1. The summed E-state index contributed by atoms with van der Waals surface area (Å²) in [5, 5.41) is 14.7. The summed E-state index contributed by atoms with van der Waals surface area (Å²) in [5.74, 6) is 0.0155. The van der Waals surface area contributed by atoms with E-state index in [4.69, 9.17) is 0 Å². The summed E-state index contributed by atoms with van der Waals surface area (Å²) >= 11 is 2.86. The minimum atomic E-state index is -0.203. The van der Waals surface area contributed by atoms with Gasteiger partial charge in [0.25, 0.3) is 0 Å². The van der Waals surface area contributed by atoms with Crippen molar-refractivity contribution in [3.63, 3.8) is 0 Å². The molecule has 1 amide bonds. The highest BCUT2D eigenvalue weighted by molar-refractivity contribution is 8.02. The average Bonchev–Trinajstić information content (AvgIpc) is 3.01. The summed E-state index contributed by atoms with van der Waals surface area (Å²) in [6, 6.07) is 10.1. The molecule has 2 aromatic rings. The van der Waals surface area contributed by atoms with Crippen LogP contribution in [0.5, 0.6) is 0 Å². The van der Waals surface area contributed by atoms with Crippen molar-refractivity contribution < 1.29 is 4.79 Å². The molecule has 0 aliphatic heterocycles. The van der Waals surface area contributed by atoms with E-state index in [1.807, 2.05) is 25.1 Å². The number of nitrogens with one attached hydrogen (secondary N) is 2. The maximum Gasteiger partial charge on any atom is 0.233 e. The molecule has 0 saturated heterocycles. The Kier molecular flexibility index (Phi) is 7.09. The highest BCUT2D eigenvalue weighted by Gasteiger charge is 2.16. The molecule has 7 heteroatoms. The summed E-state index contributed by atoms with van der Waals surface area (Å²) < 4.78 is 0.780. The molecule has 2 N–H and O–H groups in total. The van der Waals surface area contributed by atoms with Gasteiger partial charge in [-0.3, -0.25) is 4.79 Å². The standard InChI is InChI=1S/C16H20N4OS2/c1-3-10-18-15-19-20-16(23-15)22-12(2)14(21)17-11-9-13-7-5-4-6-8-13/h3-8,12H,1,9-11H2,2H3,(H,17,21)(H,18,19)/t12-/m0/s1. The Morgan fingerprint density at radius 1 is 1.39 bits per heavy atom. The summed E-state index contributed by atoms with van der Waals surface area (Å²) in [4.78, 5) is 12.1. The number of aromatic nitrogens is 2. The number of benzene rings is 1. The van der Waals surface area contributed by atoms with Crippen LogP contribution in [0, 0.1) is 0 Å². The van der Waals surface area contributed by atoms with E-state index >= 15 is 0 Å². The Balaban J connectivity index is 1.74. The van der Waals surface area contributed by atoms with Crippen molar-refractivity contribution in [2.75, 3.05) is 18.4 Å². The molecule has 1 aromatic heterocycles. The Bertz CT molecular complexity index is 630. The van der Waals surface area contributed by atoms with Crippen molar-refractivity contribution in [3.05, 3.63) is 48.6 Å². The van der Waals surface area contributed by atoms with Crippen LogP contribution in [0.1, 0.15) is 12.5 Å². The lowest BCUT2D eigenvalue weighted by atomic mass is 10.1. The number of hydrogen-bond donors (Lipinski definition) is 2. The van der Waals surface area contributed by atoms with Gasteiger partial charge in [0, 0.05) is 13.1 Å². The third-order valence-corrected chi connectivity index (χ3v) is 5.07. The maximum absolute atomic E-state index is 12.1. The van der Waals surface area contributed by atoms with Gasteiger partial charge in [-0.1, -0.05) is 59.5 Å². The van der Waals surface area contributed by atoms with Crippen LogP contribution in [0.2, 0.25) is 0 Å². The fraction of sp³-hybridized carbons (Fsp3) is 0.312. The quantitative estimate of drug-likeness (QED) is 0.539. The van der Waals surface area contributed by atoms with Crippen LogP contribution >= 0.6 is 23.1 Å². The third-order valence-electron chi connectivity index (χ3n) is 3.01. The minimum Gasteiger partial charge on any atom is -0.357 e. The molecule has 0 aliphatic carbocycles. The number of thioether (sulfide) groups is 1. The molecule has 2 rings (SSSR count). The summed E-state index contributed by atoms with van der Waals surface area (Å²) in [6.45, 7) is 6.80. The van der Waals surface area contributed by atoms with Crippen molar-refractivity contribution in [1.29, 1.82) is 0 Å². The van der Waals surface area contributed by atoms with E-state index < -0.39 is 0 Å². The Labute approximate surface area is 144 Å². The first-order valence-corrected chi connectivity index (χ1v) is 9.05. The second-order valence-electron chi connectivity index (χ2n) is 4.83. The first-order valence-electron chi connectivity index (χ1n) is 7.35. The summed E-state index contributed by atoms with van der Waals surface area (Å²) in [6.07, 6.45) is 2.59. The monoisotopic (exact) mass is 348 g/mol. The van der Waals surface area contributed by atoms with Crippen molar-refractivity contribution in [1.82, 2.24) is 15.5 Å². The second kappa shape index (κ2) is 9.32. The van der Waals surface area contributed by atoms with E-state index in [9.17, 15) is 4.79 Å². The van der Waals surface area contributed by atoms with Crippen molar-refractivity contribution in [3.8, 4) is 0 Å². The van der Waals surface area contributed by atoms with Gasteiger partial charge in [-0.2, -0.15) is 0 Å². The largest absolute Gasteiger partial charge is 0.357 e. The van der Waals surface area contributed by atoms with Crippen LogP contribution < -0.4 is 10.6 Å². The molecule has 23 heavy (non-hydrogen) atoms. The van der Waals surface area contributed by atoms with Gasteiger partial charge >= 0.3 is 0 Å². The molecule has 0 unspecified atom stereocenters. The Hall–Kier alpha value is -1.86. The Morgan fingerprint density at radius 2 is 2.17 bits per heavy atom. The number of carbonyl (C=O) groups is 1. The van der Waals surface area contributed by atoms with Crippen LogP contribution in [-0.4, -0.2) is 34.4 Å². The van der Waals surface area contributed by atoms with Gasteiger partial charge in [-0.25, -0.2) is 0 Å². The van der Waals surface area contributed by atoms with Gasteiger partial charge in [0.15, 0.2) is 4.34 Å². The van der Waals surface area contributed by atoms with Gasteiger partial charge in [0.1, 0.15) is 0 Å². The molecule has 0 spiro atoms. The van der Waals surface area contributed by atoms with Gasteiger partial charge in [0.2, 0.25) is 11.0 Å². The minimum absolute atomic E-state index is 0.0155. The zero-order valence-electron chi connectivity index (χ0n) is 13.0. The predicted molar refractivity (Wildman–Crippen MR) is 97.1 cm³/mol. The fourth-order valence-corrected chi connectivity index (χ4v) is 3.74. The lowest BCUT2D eigenvalue weighted by Gasteiger charge is -2.10. The van der Waals surface area contributed by atoms with Crippen LogP contribution in [0.4, 0.5) is 5.13 Å². The number of carbonyl (C=O) groups excluding carboxylic acids is 1. The van der Waals surface area contributed by atoms with E-state index in [1.165, 1.54) is 28.7 Å². The molecular formula is C16H20N4OS2. The van der Waals surface area contributed by atoms with E-state index in [2.05, 4.69) is 39.5 Å². The maximum atomic E-state index is 12.1. The zero-order valence-corrected chi connectivity index (χ0v) is 14.6. The van der Waals surface area contributed by atoms with Gasteiger partial charge in [-0.05, 0) is 18.9 Å². The van der Waals surface area contributed by atoms with E-state index in [-0.39, 0.29) is 11.2 Å². The molecular weight excluding hydrogens is 328 g/mol. The lowest BCUT2D eigenvalue weighted by molar-refractivity contribution is -0.120. The SMILES string of the molecule is C=CCNc1nnc(S[C@@H](C)C(=O)NCCc2ccccc2)s1. The molecule has 0 saturated carbocycles. The van der Waals surface area contributed by atoms with Crippen molar-refractivity contribution in [2.45, 2.75) is 22.9 Å². The highest BCUT2D eigenvalue weighted by Crippen LogP contribution is 2.28. The summed E-state index contributed by atoms with van der Waals surface area (Å²) in [7, 11) is 0. The summed E-state index contributed by atoms with van der Waals surface area (Å²) in [5.41, 5.74) is 1.22. The van der Waals surface area contributed by atoms with E-state index in [0.717, 1.165) is 15.9 Å². The zero-order chi connectivity index (χ0) is 16.5. The number of amides is 1. The fourth-order valence-electron chi connectivity index (χ4n) is 1.81. The van der Waals surface area contributed by atoms with E-state index in [0.29, 0.717) is 13.1 Å². The van der Waals surface area contributed by atoms with Crippen LogP contribution in [0.15, 0.2) is 47.3 Å². The smallest absolute Gasteiger partial charge is 0.233 e. The predicted octanol–water partition coefficient (Wildman–Crippen LogP) is 2.98. The third kappa shape index (κ3) is 6.03. The first kappa shape index (κ1) is 17.5. The number of nitrogens with zero attached hydrogens (tertiary/aromatic N) is 2.